The van der Waals surface area contributed by atoms with Crippen molar-refractivity contribution < 1.29 is 4.79 Å². The van der Waals surface area contributed by atoms with Gasteiger partial charge in [0.1, 0.15) is 0 Å². The lowest BCUT2D eigenvalue weighted by molar-refractivity contribution is -0.117. The van der Waals surface area contributed by atoms with Crippen molar-refractivity contribution in [2.45, 2.75) is 26.4 Å². The number of hydrogen-bond acceptors (Lipinski definition) is 3. The summed E-state index contributed by atoms with van der Waals surface area (Å²) < 4.78 is 1.88. The first-order chi connectivity index (χ1) is 6.59. The van der Waals surface area contributed by atoms with Crippen LogP contribution < -0.4 is 11.1 Å². The van der Waals surface area contributed by atoms with Gasteiger partial charge in [0.25, 0.3) is 0 Å². The van der Waals surface area contributed by atoms with Gasteiger partial charge in [-0.05, 0) is 19.9 Å². The number of nitrogens with zero attached hydrogens (tertiary/aromatic N) is 2. The fraction of sp³-hybridized carbons (Fsp3) is 0.556. The van der Waals surface area contributed by atoms with Crippen molar-refractivity contribution in [2.24, 2.45) is 5.73 Å². The molecule has 0 bridgehead atoms. The van der Waals surface area contributed by atoms with E-state index in [1.807, 2.05) is 16.9 Å². The van der Waals surface area contributed by atoms with Gasteiger partial charge in [0.15, 0.2) is 0 Å². The predicted molar refractivity (Wildman–Crippen MR) is 53.5 cm³/mol. The number of nitrogens with one attached hydrogen (secondary N) is 1. The van der Waals surface area contributed by atoms with E-state index >= 15 is 0 Å². The summed E-state index contributed by atoms with van der Waals surface area (Å²) in [7, 11) is 0. The van der Waals surface area contributed by atoms with Crippen LogP contribution in [0.15, 0.2) is 12.3 Å². The van der Waals surface area contributed by atoms with E-state index in [1.165, 1.54) is 0 Å². The van der Waals surface area contributed by atoms with Crippen LogP contribution in [-0.2, 0) is 11.3 Å². The number of nitrogens with two attached hydrogens (primary N) is 1. The maximum absolute atomic E-state index is 10.4. The van der Waals surface area contributed by atoms with Crippen molar-refractivity contribution in [1.82, 2.24) is 15.1 Å². The second kappa shape index (κ2) is 4.76. The van der Waals surface area contributed by atoms with Gasteiger partial charge in [-0.25, -0.2) is 0 Å². The van der Waals surface area contributed by atoms with Crippen molar-refractivity contribution in [3.8, 4) is 0 Å². The molecule has 0 radical (unpaired) electrons. The van der Waals surface area contributed by atoms with Crippen LogP contribution in [0.1, 0.15) is 25.6 Å². The van der Waals surface area contributed by atoms with Crippen molar-refractivity contribution in [1.29, 1.82) is 0 Å². The van der Waals surface area contributed by atoms with Gasteiger partial charge in [0, 0.05) is 18.8 Å². The number of hydrogen-bond donors (Lipinski definition) is 2. The number of primary amides is 1. The van der Waals surface area contributed by atoms with Crippen molar-refractivity contribution in [2.75, 3.05) is 6.54 Å². The maximum atomic E-state index is 10.4. The molecule has 1 aromatic rings. The van der Waals surface area contributed by atoms with E-state index < -0.39 is 0 Å². The fourth-order valence-electron chi connectivity index (χ4n) is 1.07. The molecule has 1 amide bonds. The minimum absolute atomic E-state index is 0.189. The van der Waals surface area contributed by atoms with Crippen LogP contribution in [0.4, 0.5) is 0 Å². The molecular weight excluding hydrogens is 180 g/mol. The molecule has 0 unspecified atom stereocenters. The smallest absolute Gasteiger partial charge is 0.231 e. The fourth-order valence-corrected chi connectivity index (χ4v) is 1.07. The Labute approximate surface area is 83.3 Å². The zero-order valence-electron chi connectivity index (χ0n) is 8.53. The van der Waals surface area contributed by atoms with E-state index in [0.29, 0.717) is 12.6 Å². The molecule has 0 atom stereocenters. The third-order valence-electron chi connectivity index (χ3n) is 1.80. The minimum Gasteiger partial charge on any atom is -0.369 e. The van der Waals surface area contributed by atoms with Gasteiger partial charge in [-0.3, -0.25) is 9.48 Å². The van der Waals surface area contributed by atoms with Gasteiger partial charge in [-0.15, -0.1) is 0 Å². The number of aromatic nitrogens is 2. The van der Waals surface area contributed by atoms with Crippen LogP contribution in [0.5, 0.6) is 0 Å². The predicted octanol–water partition coefficient (Wildman–Crippen LogP) is 0.0389. The highest BCUT2D eigenvalue weighted by atomic mass is 16.1. The van der Waals surface area contributed by atoms with E-state index in [0.717, 1.165) is 5.69 Å². The number of carbonyl (C=O) groups is 1. The first-order valence-electron chi connectivity index (χ1n) is 4.62. The van der Waals surface area contributed by atoms with Crippen molar-refractivity contribution in [3.05, 3.63) is 18.0 Å². The summed E-state index contributed by atoms with van der Waals surface area (Å²) in [4.78, 5) is 10.4. The lowest BCUT2D eigenvalue weighted by atomic mass is 10.4. The third kappa shape index (κ3) is 3.18. The zero-order valence-corrected chi connectivity index (χ0v) is 8.53. The second-order valence-electron chi connectivity index (χ2n) is 3.45. The number of carbonyl (C=O) groups excluding carboxylic acids is 1. The Morgan fingerprint density at radius 1 is 1.71 bits per heavy atom. The summed E-state index contributed by atoms with van der Waals surface area (Å²) in [6.45, 7) is 4.89. The molecule has 0 fully saturated rings. The second-order valence-corrected chi connectivity index (χ2v) is 3.45. The lowest BCUT2D eigenvalue weighted by Crippen LogP contribution is -2.28. The third-order valence-corrected chi connectivity index (χ3v) is 1.80. The molecule has 0 aromatic carbocycles. The quantitative estimate of drug-likeness (QED) is 0.698. The molecule has 0 spiro atoms. The maximum Gasteiger partial charge on any atom is 0.231 e. The van der Waals surface area contributed by atoms with E-state index in [-0.39, 0.29) is 12.5 Å². The van der Waals surface area contributed by atoms with Crippen LogP contribution in [-0.4, -0.2) is 22.2 Å². The standard InChI is InChI=1S/C9H16N4O/c1-7(2)13-4-3-8(12-13)5-11-6-9(10)14/h3-4,7,11H,5-6H2,1-2H3,(H2,10,14). The van der Waals surface area contributed by atoms with Gasteiger partial charge in [0.05, 0.1) is 12.2 Å². The van der Waals surface area contributed by atoms with Crippen molar-refractivity contribution >= 4 is 5.91 Å². The molecule has 0 aliphatic heterocycles. The van der Waals surface area contributed by atoms with Gasteiger partial charge >= 0.3 is 0 Å². The van der Waals surface area contributed by atoms with Crippen molar-refractivity contribution in [3.63, 3.8) is 0 Å². The van der Waals surface area contributed by atoms with Crippen LogP contribution in [0.2, 0.25) is 0 Å². The van der Waals surface area contributed by atoms with Gasteiger partial charge in [-0.1, -0.05) is 0 Å². The lowest BCUT2D eigenvalue weighted by Gasteiger charge is -2.03. The molecule has 5 heteroatoms. The van der Waals surface area contributed by atoms with Crippen LogP contribution in [0.25, 0.3) is 0 Å². The summed E-state index contributed by atoms with van der Waals surface area (Å²) in [6, 6.07) is 2.29. The summed E-state index contributed by atoms with van der Waals surface area (Å²) in [6.07, 6.45) is 1.92. The van der Waals surface area contributed by atoms with E-state index in [4.69, 9.17) is 5.73 Å². The molecular formula is C9H16N4O. The topological polar surface area (TPSA) is 72.9 Å². The summed E-state index contributed by atoms with van der Waals surface area (Å²) >= 11 is 0. The molecule has 0 aliphatic carbocycles. The summed E-state index contributed by atoms with van der Waals surface area (Å²) in [5.41, 5.74) is 5.90. The molecule has 3 N–H and O–H groups in total. The molecule has 1 rings (SSSR count). The average Bonchev–Trinajstić information content (AvgIpc) is 2.52. The first kappa shape index (κ1) is 10.7. The largest absolute Gasteiger partial charge is 0.369 e. The van der Waals surface area contributed by atoms with Gasteiger partial charge in [0.2, 0.25) is 5.91 Å². The Morgan fingerprint density at radius 2 is 2.43 bits per heavy atom. The summed E-state index contributed by atoms with van der Waals surface area (Å²) in [5, 5.41) is 7.21. The van der Waals surface area contributed by atoms with Gasteiger partial charge < -0.3 is 11.1 Å². The average molecular weight is 196 g/mol. The Morgan fingerprint density at radius 3 is 2.93 bits per heavy atom. The highest BCUT2D eigenvalue weighted by molar-refractivity contribution is 5.75. The Kier molecular flexibility index (Phi) is 3.64. The number of rotatable bonds is 5. The first-order valence-corrected chi connectivity index (χ1v) is 4.62. The zero-order chi connectivity index (χ0) is 10.6. The molecule has 0 saturated carbocycles. The Balaban J connectivity index is 2.40. The normalized spacial score (nSPS) is 10.8. The summed E-state index contributed by atoms with van der Waals surface area (Å²) in [5.74, 6) is -0.353. The van der Waals surface area contributed by atoms with E-state index in [2.05, 4.69) is 24.3 Å². The number of amides is 1. The molecule has 1 aromatic heterocycles. The Hall–Kier alpha value is -1.36. The van der Waals surface area contributed by atoms with Crippen LogP contribution in [0, 0.1) is 0 Å². The van der Waals surface area contributed by atoms with E-state index in [1.54, 1.807) is 0 Å². The molecule has 14 heavy (non-hydrogen) atoms. The highest BCUT2D eigenvalue weighted by Gasteiger charge is 2.01. The SMILES string of the molecule is CC(C)n1ccc(CNCC(N)=O)n1. The molecule has 1 heterocycles. The van der Waals surface area contributed by atoms with Gasteiger partial charge in [-0.2, -0.15) is 5.10 Å². The molecule has 5 nitrogen and oxygen atoms in total. The van der Waals surface area contributed by atoms with E-state index in [9.17, 15) is 4.79 Å². The minimum atomic E-state index is -0.353. The van der Waals surface area contributed by atoms with Crippen LogP contribution >= 0.6 is 0 Å². The van der Waals surface area contributed by atoms with Crippen LogP contribution in [0.3, 0.4) is 0 Å². The molecule has 0 aliphatic rings. The molecule has 0 saturated heterocycles. The monoisotopic (exact) mass is 196 g/mol. The Bertz CT molecular complexity index is 306. The molecule has 78 valence electrons. The highest BCUT2D eigenvalue weighted by Crippen LogP contribution is 2.03.